The quantitative estimate of drug-likeness (QED) is 0.711. The number of nitrogens with zero attached hydrogens (tertiary/aromatic N) is 1. The summed E-state index contributed by atoms with van der Waals surface area (Å²) in [4.78, 5) is 1.87. The van der Waals surface area contributed by atoms with Gasteiger partial charge < -0.3 is 4.90 Å². The fraction of sp³-hybridized carbons (Fsp3) is 0.667. The van der Waals surface area contributed by atoms with Crippen molar-refractivity contribution in [3.63, 3.8) is 0 Å². The first-order valence-electron chi connectivity index (χ1n) is 7.94. The summed E-state index contributed by atoms with van der Waals surface area (Å²) < 4.78 is 28.6. The van der Waals surface area contributed by atoms with Crippen molar-refractivity contribution in [2.24, 2.45) is 11.3 Å². The molecule has 1 aliphatic rings. The average Bonchev–Trinajstić information content (AvgIpc) is 2.37. The topological polar surface area (TPSA) is 3.24 Å². The van der Waals surface area contributed by atoms with Crippen molar-refractivity contribution < 1.29 is 8.78 Å². The molecule has 118 valence electrons. The molecule has 0 N–H and O–H groups in total. The fourth-order valence-corrected chi connectivity index (χ4v) is 3.19. The summed E-state index contributed by atoms with van der Waals surface area (Å²) >= 11 is 0. The minimum atomic E-state index is -0.423. The standard InChI is InChI=1S/C18H27F2N/c1-12(2)13-10-15(19)17(16(20)11-13)21-8-6-14(7-9-21)18(3,4)5/h10-12,14H,6-9H2,1-5H3. The lowest BCUT2D eigenvalue weighted by Gasteiger charge is -2.40. The third kappa shape index (κ3) is 3.56. The van der Waals surface area contributed by atoms with Gasteiger partial charge in [0.1, 0.15) is 17.3 Å². The predicted octanol–water partition coefficient (Wildman–Crippen LogP) is 5.35. The van der Waals surface area contributed by atoms with Gasteiger partial charge in [0.25, 0.3) is 0 Å². The van der Waals surface area contributed by atoms with Gasteiger partial charge >= 0.3 is 0 Å². The van der Waals surface area contributed by atoms with Crippen LogP contribution in [0.5, 0.6) is 0 Å². The van der Waals surface area contributed by atoms with Crippen LogP contribution in [0.15, 0.2) is 12.1 Å². The maximum absolute atomic E-state index is 14.3. The van der Waals surface area contributed by atoms with Gasteiger partial charge in [-0.3, -0.25) is 0 Å². The van der Waals surface area contributed by atoms with Gasteiger partial charge in [0.2, 0.25) is 0 Å². The molecule has 1 aliphatic heterocycles. The molecule has 1 saturated heterocycles. The van der Waals surface area contributed by atoms with E-state index in [0.717, 1.165) is 31.5 Å². The molecule has 0 atom stereocenters. The fourth-order valence-electron chi connectivity index (χ4n) is 3.19. The van der Waals surface area contributed by atoms with Gasteiger partial charge in [-0.1, -0.05) is 34.6 Å². The Labute approximate surface area is 127 Å². The molecule has 0 aliphatic carbocycles. The Bertz CT molecular complexity index is 471. The number of hydrogen-bond acceptors (Lipinski definition) is 1. The van der Waals surface area contributed by atoms with E-state index in [1.54, 1.807) is 0 Å². The van der Waals surface area contributed by atoms with E-state index < -0.39 is 11.6 Å². The third-order valence-electron chi connectivity index (χ3n) is 4.74. The molecule has 3 heteroatoms. The number of rotatable bonds is 2. The van der Waals surface area contributed by atoms with Crippen molar-refractivity contribution in [1.29, 1.82) is 0 Å². The Morgan fingerprint density at radius 3 is 1.90 bits per heavy atom. The highest BCUT2D eigenvalue weighted by atomic mass is 19.1. The van der Waals surface area contributed by atoms with Crippen LogP contribution in [0.2, 0.25) is 0 Å². The molecule has 0 amide bonds. The Morgan fingerprint density at radius 1 is 1.05 bits per heavy atom. The van der Waals surface area contributed by atoms with Crippen LogP contribution in [-0.2, 0) is 0 Å². The molecule has 0 aromatic heterocycles. The van der Waals surface area contributed by atoms with Crippen LogP contribution in [0.1, 0.15) is 58.9 Å². The Kier molecular flexibility index (Phi) is 4.60. The third-order valence-corrected chi connectivity index (χ3v) is 4.74. The van der Waals surface area contributed by atoms with Gasteiger partial charge in [-0.15, -0.1) is 0 Å². The number of anilines is 1. The monoisotopic (exact) mass is 295 g/mol. The lowest BCUT2D eigenvalue weighted by atomic mass is 9.75. The minimum absolute atomic E-state index is 0.134. The smallest absolute Gasteiger partial charge is 0.149 e. The number of halogens is 2. The van der Waals surface area contributed by atoms with E-state index in [2.05, 4.69) is 20.8 Å². The summed E-state index contributed by atoms with van der Waals surface area (Å²) in [6, 6.07) is 2.97. The molecule has 0 spiro atoms. The zero-order chi connectivity index (χ0) is 15.8. The Morgan fingerprint density at radius 2 is 1.52 bits per heavy atom. The van der Waals surface area contributed by atoms with Crippen molar-refractivity contribution in [1.82, 2.24) is 0 Å². The summed E-state index contributed by atoms with van der Waals surface area (Å²) in [6.07, 6.45) is 1.99. The van der Waals surface area contributed by atoms with E-state index in [9.17, 15) is 8.78 Å². The van der Waals surface area contributed by atoms with Crippen LogP contribution in [0, 0.1) is 23.0 Å². The zero-order valence-corrected chi connectivity index (χ0v) is 13.8. The van der Waals surface area contributed by atoms with Crippen LogP contribution in [0.4, 0.5) is 14.5 Å². The van der Waals surface area contributed by atoms with E-state index in [4.69, 9.17) is 0 Å². The van der Waals surface area contributed by atoms with E-state index in [1.807, 2.05) is 18.7 Å². The Balaban J connectivity index is 2.17. The second kappa shape index (κ2) is 5.94. The predicted molar refractivity (Wildman–Crippen MR) is 84.8 cm³/mol. The average molecular weight is 295 g/mol. The maximum Gasteiger partial charge on any atom is 0.149 e. The Hall–Kier alpha value is -1.12. The lowest BCUT2D eigenvalue weighted by Crippen LogP contribution is -2.38. The van der Waals surface area contributed by atoms with Crippen molar-refractivity contribution >= 4 is 5.69 Å². The first kappa shape index (κ1) is 16.3. The van der Waals surface area contributed by atoms with Gasteiger partial charge in [0.15, 0.2) is 0 Å². The first-order valence-corrected chi connectivity index (χ1v) is 7.94. The molecular weight excluding hydrogens is 268 g/mol. The van der Waals surface area contributed by atoms with Crippen molar-refractivity contribution in [2.75, 3.05) is 18.0 Å². The van der Waals surface area contributed by atoms with Gasteiger partial charge in [0.05, 0.1) is 0 Å². The highest BCUT2D eigenvalue weighted by Gasteiger charge is 2.30. The number of benzene rings is 1. The molecule has 1 aromatic rings. The maximum atomic E-state index is 14.3. The molecule has 0 saturated carbocycles. The SMILES string of the molecule is CC(C)c1cc(F)c(N2CCC(C(C)(C)C)CC2)c(F)c1. The summed E-state index contributed by atoms with van der Waals surface area (Å²) in [5.74, 6) is -0.0923. The van der Waals surface area contributed by atoms with Crippen LogP contribution in [0.3, 0.4) is 0 Å². The molecule has 21 heavy (non-hydrogen) atoms. The lowest BCUT2D eigenvalue weighted by molar-refractivity contribution is 0.198. The summed E-state index contributed by atoms with van der Waals surface area (Å²) in [5.41, 5.74) is 1.15. The van der Waals surface area contributed by atoms with Crippen molar-refractivity contribution in [3.05, 3.63) is 29.3 Å². The van der Waals surface area contributed by atoms with Gasteiger partial charge in [-0.25, -0.2) is 8.78 Å². The van der Waals surface area contributed by atoms with E-state index in [-0.39, 0.29) is 17.0 Å². The van der Waals surface area contributed by atoms with Crippen LogP contribution < -0.4 is 4.90 Å². The van der Waals surface area contributed by atoms with Crippen molar-refractivity contribution in [3.8, 4) is 0 Å². The molecule has 0 unspecified atom stereocenters. The van der Waals surface area contributed by atoms with E-state index in [0.29, 0.717) is 5.92 Å². The van der Waals surface area contributed by atoms with Gasteiger partial charge in [-0.05, 0) is 47.8 Å². The molecule has 1 fully saturated rings. The number of piperidine rings is 1. The highest BCUT2D eigenvalue weighted by Crippen LogP contribution is 2.37. The van der Waals surface area contributed by atoms with E-state index >= 15 is 0 Å². The summed E-state index contributed by atoms with van der Waals surface area (Å²) in [5, 5.41) is 0. The molecule has 0 radical (unpaired) electrons. The molecule has 1 heterocycles. The summed E-state index contributed by atoms with van der Waals surface area (Å²) in [6.45, 7) is 12.1. The number of hydrogen-bond donors (Lipinski definition) is 0. The highest BCUT2D eigenvalue weighted by molar-refractivity contribution is 5.51. The van der Waals surface area contributed by atoms with Crippen LogP contribution >= 0.6 is 0 Å². The largest absolute Gasteiger partial charge is 0.367 e. The second-order valence-electron chi connectivity index (χ2n) is 7.62. The molecule has 2 rings (SSSR count). The van der Waals surface area contributed by atoms with Crippen molar-refractivity contribution in [2.45, 2.75) is 53.4 Å². The first-order chi connectivity index (χ1) is 9.70. The molecule has 0 bridgehead atoms. The van der Waals surface area contributed by atoms with Gasteiger partial charge in [0, 0.05) is 13.1 Å². The molecule has 1 nitrogen and oxygen atoms in total. The normalized spacial score (nSPS) is 17.6. The van der Waals surface area contributed by atoms with Crippen LogP contribution in [0.25, 0.3) is 0 Å². The molecule has 1 aromatic carbocycles. The minimum Gasteiger partial charge on any atom is -0.367 e. The van der Waals surface area contributed by atoms with Gasteiger partial charge in [-0.2, -0.15) is 0 Å². The molecular formula is C18H27F2N. The van der Waals surface area contributed by atoms with E-state index in [1.165, 1.54) is 12.1 Å². The second-order valence-corrected chi connectivity index (χ2v) is 7.62. The zero-order valence-electron chi connectivity index (χ0n) is 13.8. The summed E-state index contributed by atoms with van der Waals surface area (Å²) in [7, 11) is 0. The van der Waals surface area contributed by atoms with Crippen LogP contribution in [-0.4, -0.2) is 13.1 Å².